The summed E-state index contributed by atoms with van der Waals surface area (Å²) in [5.41, 5.74) is 1.89. The molecule has 0 bridgehead atoms. The molecule has 0 unspecified atom stereocenters. The van der Waals surface area contributed by atoms with Crippen molar-refractivity contribution in [1.29, 1.82) is 0 Å². The van der Waals surface area contributed by atoms with Crippen LogP contribution in [0.3, 0.4) is 0 Å². The second-order valence-corrected chi connectivity index (χ2v) is 9.70. The average Bonchev–Trinajstić information content (AvgIpc) is 3.20. The minimum absolute atomic E-state index is 0.166. The number of nitrogens with zero attached hydrogens (tertiary/aromatic N) is 1. The van der Waals surface area contributed by atoms with Crippen LogP contribution < -0.4 is 14.2 Å². The molecule has 38 heavy (non-hydrogen) atoms. The van der Waals surface area contributed by atoms with Crippen LogP contribution >= 0.6 is 11.8 Å². The normalized spacial score (nSPS) is 14.3. The van der Waals surface area contributed by atoms with Gasteiger partial charge in [0.15, 0.2) is 0 Å². The summed E-state index contributed by atoms with van der Waals surface area (Å²) >= 11 is 0.924. The molecule has 0 spiro atoms. The van der Waals surface area contributed by atoms with Crippen LogP contribution in [0.5, 0.6) is 17.2 Å². The van der Waals surface area contributed by atoms with E-state index in [0.717, 1.165) is 39.6 Å². The van der Waals surface area contributed by atoms with Crippen molar-refractivity contribution in [3.63, 3.8) is 0 Å². The Balaban J connectivity index is 1.18. The molecule has 0 atom stereocenters. The summed E-state index contributed by atoms with van der Waals surface area (Å²) in [4.78, 5) is 27.2. The van der Waals surface area contributed by atoms with Crippen LogP contribution in [0.2, 0.25) is 0 Å². The number of para-hydroxylation sites is 1. The fraction of sp³-hybridized carbons (Fsp3) is 0.161. The molecule has 4 aromatic rings. The van der Waals surface area contributed by atoms with Gasteiger partial charge in [-0.1, -0.05) is 72.3 Å². The Labute approximate surface area is 225 Å². The molecule has 0 saturated carbocycles. The van der Waals surface area contributed by atoms with Gasteiger partial charge >= 0.3 is 0 Å². The lowest BCUT2D eigenvalue weighted by atomic mass is 10.1. The van der Waals surface area contributed by atoms with Crippen molar-refractivity contribution in [2.24, 2.45) is 0 Å². The summed E-state index contributed by atoms with van der Waals surface area (Å²) in [5.74, 6) is 1.79. The van der Waals surface area contributed by atoms with Crippen LogP contribution in [-0.4, -0.2) is 42.4 Å². The van der Waals surface area contributed by atoms with Gasteiger partial charge in [0.25, 0.3) is 11.1 Å². The second kappa shape index (κ2) is 11.9. The standard InChI is InChI=1S/C31H27NO5S/c1-22-13-15-25(16-14-22)35-19-20-37-27-11-5-3-8-24(27)21-29-30(33)32(31(34)38-29)17-18-36-28-12-6-9-23-7-2-4-10-26(23)28/h2-16,21H,17-20H2,1H3/b29-21-. The Kier molecular flexibility index (Phi) is 7.95. The number of ether oxygens (including phenoxy) is 3. The molecule has 0 aliphatic carbocycles. The molecule has 0 N–H and O–H groups in total. The first-order valence-electron chi connectivity index (χ1n) is 12.4. The van der Waals surface area contributed by atoms with Crippen molar-refractivity contribution >= 4 is 39.8 Å². The third-order valence-electron chi connectivity index (χ3n) is 6.03. The molecule has 6 nitrogen and oxygen atoms in total. The zero-order valence-electron chi connectivity index (χ0n) is 21.0. The maximum Gasteiger partial charge on any atom is 0.293 e. The molecule has 1 heterocycles. The van der Waals surface area contributed by atoms with Crippen LogP contribution in [0.15, 0.2) is 95.9 Å². The summed E-state index contributed by atoms with van der Waals surface area (Å²) in [6.45, 7) is 3.12. The van der Waals surface area contributed by atoms with Gasteiger partial charge in [-0.3, -0.25) is 14.5 Å². The number of carbonyl (C=O) groups is 2. The van der Waals surface area contributed by atoms with E-state index in [1.165, 1.54) is 10.5 Å². The molecule has 2 amide bonds. The van der Waals surface area contributed by atoms with E-state index in [0.29, 0.717) is 23.9 Å². The van der Waals surface area contributed by atoms with E-state index in [1.54, 1.807) is 6.08 Å². The Morgan fingerprint density at radius 3 is 2.29 bits per heavy atom. The SMILES string of the molecule is Cc1ccc(OCCOc2ccccc2/C=C2\SC(=O)N(CCOc3cccc4ccccc34)C2=O)cc1. The summed E-state index contributed by atoms with van der Waals surface area (Å²) in [6, 6.07) is 29.0. The Morgan fingerprint density at radius 1 is 0.737 bits per heavy atom. The first kappa shape index (κ1) is 25.4. The minimum Gasteiger partial charge on any atom is -0.491 e. The number of thioether (sulfide) groups is 1. The van der Waals surface area contributed by atoms with E-state index < -0.39 is 0 Å². The van der Waals surface area contributed by atoms with Gasteiger partial charge in [-0.2, -0.15) is 0 Å². The molecule has 1 aliphatic heterocycles. The summed E-state index contributed by atoms with van der Waals surface area (Å²) in [5, 5.41) is 1.75. The highest BCUT2D eigenvalue weighted by Gasteiger charge is 2.35. The topological polar surface area (TPSA) is 65.1 Å². The number of hydrogen-bond donors (Lipinski definition) is 0. The zero-order chi connectivity index (χ0) is 26.3. The smallest absolute Gasteiger partial charge is 0.293 e. The average molecular weight is 526 g/mol. The van der Waals surface area contributed by atoms with Crippen molar-refractivity contribution in [2.75, 3.05) is 26.4 Å². The third-order valence-corrected chi connectivity index (χ3v) is 6.94. The number of aryl methyl sites for hydroxylation is 1. The number of imide groups is 1. The monoisotopic (exact) mass is 525 g/mol. The molecule has 0 radical (unpaired) electrons. The molecule has 192 valence electrons. The van der Waals surface area contributed by atoms with E-state index >= 15 is 0 Å². The molecule has 5 rings (SSSR count). The van der Waals surface area contributed by atoms with Gasteiger partial charge in [-0.15, -0.1) is 0 Å². The van der Waals surface area contributed by atoms with Crippen molar-refractivity contribution < 1.29 is 23.8 Å². The maximum absolute atomic E-state index is 13.0. The predicted octanol–water partition coefficient (Wildman–Crippen LogP) is 6.72. The van der Waals surface area contributed by atoms with Crippen LogP contribution in [0.25, 0.3) is 16.8 Å². The zero-order valence-corrected chi connectivity index (χ0v) is 21.8. The van der Waals surface area contributed by atoms with E-state index in [-0.39, 0.29) is 24.3 Å². The summed E-state index contributed by atoms with van der Waals surface area (Å²) in [6.07, 6.45) is 1.70. The van der Waals surface area contributed by atoms with Crippen molar-refractivity contribution in [1.82, 2.24) is 4.90 Å². The van der Waals surface area contributed by atoms with Gasteiger partial charge in [-0.25, -0.2) is 0 Å². The fourth-order valence-corrected chi connectivity index (χ4v) is 4.94. The molecular formula is C31H27NO5S. The van der Waals surface area contributed by atoms with Gasteiger partial charge in [-0.05, 0) is 54.4 Å². The molecule has 1 aliphatic rings. The van der Waals surface area contributed by atoms with Gasteiger partial charge in [0.2, 0.25) is 0 Å². The maximum atomic E-state index is 13.0. The lowest BCUT2D eigenvalue weighted by Gasteiger charge is -2.14. The minimum atomic E-state index is -0.334. The number of carbonyl (C=O) groups excluding carboxylic acids is 2. The first-order chi connectivity index (χ1) is 18.6. The van der Waals surface area contributed by atoms with Crippen molar-refractivity contribution in [2.45, 2.75) is 6.92 Å². The van der Waals surface area contributed by atoms with Crippen LogP contribution in [0.1, 0.15) is 11.1 Å². The molecule has 4 aromatic carbocycles. The van der Waals surface area contributed by atoms with Gasteiger partial charge in [0.05, 0.1) is 11.4 Å². The lowest BCUT2D eigenvalue weighted by molar-refractivity contribution is -0.123. The number of amides is 2. The molecule has 0 aromatic heterocycles. The Morgan fingerprint density at radius 2 is 1.42 bits per heavy atom. The molecule has 1 fully saturated rings. The Hall–Kier alpha value is -4.23. The van der Waals surface area contributed by atoms with Crippen LogP contribution in [0, 0.1) is 6.92 Å². The van der Waals surface area contributed by atoms with Crippen LogP contribution in [-0.2, 0) is 4.79 Å². The Bertz CT molecular complexity index is 1480. The van der Waals surface area contributed by atoms with Gasteiger partial charge < -0.3 is 14.2 Å². The molecule has 7 heteroatoms. The van der Waals surface area contributed by atoms with E-state index in [2.05, 4.69) is 0 Å². The van der Waals surface area contributed by atoms with E-state index in [1.807, 2.05) is 97.9 Å². The number of fused-ring (bicyclic) bond motifs is 1. The third kappa shape index (κ3) is 6.01. The van der Waals surface area contributed by atoms with E-state index in [4.69, 9.17) is 14.2 Å². The van der Waals surface area contributed by atoms with Crippen LogP contribution in [0.4, 0.5) is 4.79 Å². The summed E-state index contributed by atoms with van der Waals surface area (Å²) < 4.78 is 17.6. The highest BCUT2D eigenvalue weighted by Crippen LogP contribution is 2.34. The second-order valence-electron chi connectivity index (χ2n) is 8.71. The number of rotatable bonds is 10. The predicted molar refractivity (Wildman–Crippen MR) is 151 cm³/mol. The molecular weight excluding hydrogens is 498 g/mol. The highest BCUT2D eigenvalue weighted by molar-refractivity contribution is 8.18. The summed E-state index contributed by atoms with van der Waals surface area (Å²) in [7, 11) is 0. The number of benzene rings is 4. The van der Waals surface area contributed by atoms with E-state index in [9.17, 15) is 9.59 Å². The molecule has 1 saturated heterocycles. The fourth-order valence-electron chi connectivity index (χ4n) is 4.08. The lowest BCUT2D eigenvalue weighted by Crippen LogP contribution is -2.32. The quantitative estimate of drug-likeness (QED) is 0.169. The number of hydrogen-bond acceptors (Lipinski definition) is 6. The van der Waals surface area contributed by atoms with Crippen molar-refractivity contribution in [3.05, 3.63) is 107 Å². The van der Waals surface area contributed by atoms with Crippen molar-refractivity contribution in [3.8, 4) is 17.2 Å². The largest absolute Gasteiger partial charge is 0.491 e. The van der Waals surface area contributed by atoms with Gasteiger partial charge in [0, 0.05) is 10.9 Å². The highest BCUT2D eigenvalue weighted by atomic mass is 32.2. The van der Waals surface area contributed by atoms with Gasteiger partial charge in [0.1, 0.15) is 37.1 Å². The first-order valence-corrected chi connectivity index (χ1v) is 13.2.